The van der Waals surface area contributed by atoms with Gasteiger partial charge in [0.05, 0.1) is 12.2 Å². The zero-order valence-electron chi connectivity index (χ0n) is 10.6. The van der Waals surface area contributed by atoms with Crippen molar-refractivity contribution in [1.82, 2.24) is 14.8 Å². The van der Waals surface area contributed by atoms with E-state index in [9.17, 15) is 4.79 Å². The number of aryl methyl sites for hydroxylation is 1. The van der Waals surface area contributed by atoms with Crippen molar-refractivity contribution in [3.8, 4) is 0 Å². The summed E-state index contributed by atoms with van der Waals surface area (Å²) in [4.78, 5) is 14.3. The maximum Gasteiger partial charge on any atom is 0.193 e. The molecule has 4 heteroatoms. The van der Waals surface area contributed by atoms with Crippen molar-refractivity contribution >= 4 is 5.78 Å². The molecule has 0 radical (unpaired) electrons. The third-order valence-corrected chi connectivity index (χ3v) is 3.55. The minimum absolute atomic E-state index is 0.207. The molecule has 0 spiro atoms. The molecule has 0 aliphatic carbocycles. The van der Waals surface area contributed by atoms with Gasteiger partial charge in [0.15, 0.2) is 5.78 Å². The van der Waals surface area contributed by atoms with Crippen LogP contribution in [-0.2, 0) is 7.05 Å². The van der Waals surface area contributed by atoms with E-state index in [4.69, 9.17) is 0 Å². The van der Waals surface area contributed by atoms with Crippen LogP contribution in [0.15, 0.2) is 18.3 Å². The Balaban J connectivity index is 1.92. The third-order valence-electron chi connectivity index (χ3n) is 3.55. The molecule has 2 rings (SSSR count). The first-order valence-corrected chi connectivity index (χ1v) is 6.24. The Morgan fingerprint density at radius 1 is 1.53 bits per heavy atom. The highest BCUT2D eigenvalue weighted by molar-refractivity contribution is 5.96. The highest BCUT2D eigenvalue weighted by atomic mass is 16.1. The van der Waals surface area contributed by atoms with Gasteiger partial charge in [-0.05, 0) is 45.1 Å². The molecule has 1 aromatic rings. The number of ketones is 1. The lowest BCUT2D eigenvalue weighted by molar-refractivity contribution is 0.0895. The van der Waals surface area contributed by atoms with Crippen molar-refractivity contribution in [3.63, 3.8) is 0 Å². The van der Waals surface area contributed by atoms with Gasteiger partial charge in [-0.1, -0.05) is 0 Å². The van der Waals surface area contributed by atoms with Crippen LogP contribution in [0, 0.1) is 0 Å². The molecule has 0 bridgehead atoms. The van der Waals surface area contributed by atoms with E-state index in [1.165, 1.54) is 0 Å². The first-order chi connectivity index (χ1) is 8.18. The second-order valence-electron chi connectivity index (χ2n) is 4.82. The Morgan fingerprint density at radius 3 is 2.82 bits per heavy atom. The van der Waals surface area contributed by atoms with Crippen molar-refractivity contribution in [3.05, 3.63) is 24.0 Å². The number of rotatable bonds is 4. The Labute approximate surface area is 103 Å². The van der Waals surface area contributed by atoms with Gasteiger partial charge in [0, 0.05) is 19.3 Å². The number of hydrogen-bond acceptors (Lipinski definition) is 3. The lowest BCUT2D eigenvalue weighted by atomic mass is 10.0. The number of nitrogens with one attached hydrogen (secondary N) is 1. The zero-order valence-corrected chi connectivity index (χ0v) is 10.6. The molecule has 4 nitrogen and oxygen atoms in total. The topological polar surface area (TPSA) is 37.3 Å². The molecule has 1 fully saturated rings. The monoisotopic (exact) mass is 235 g/mol. The van der Waals surface area contributed by atoms with E-state index >= 15 is 0 Å². The summed E-state index contributed by atoms with van der Waals surface area (Å²) in [5.41, 5.74) is 0.797. The van der Waals surface area contributed by atoms with Crippen LogP contribution in [0.1, 0.15) is 23.3 Å². The maximum absolute atomic E-state index is 12.1. The van der Waals surface area contributed by atoms with E-state index in [2.05, 4.69) is 17.3 Å². The molecule has 2 heterocycles. The first kappa shape index (κ1) is 12.3. The first-order valence-electron chi connectivity index (χ1n) is 6.24. The van der Waals surface area contributed by atoms with E-state index in [0.717, 1.165) is 31.6 Å². The molecule has 0 saturated carbocycles. The van der Waals surface area contributed by atoms with Gasteiger partial charge in [-0.2, -0.15) is 0 Å². The SMILES string of the molecule is CN(CC(=O)c1cccn1C)C1CCNCC1. The Morgan fingerprint density at radius 2 is 2.24 bits per heavy atom. The zero-order chi connectivity index (χ0) is 12.3. The van der Waals surface area contributed by atoms with Crippen LogP contribution in [-0.4, -0.2) is 48.0 Å². The summed E-state index contributed by atoms with van der Waals surface area (Å²) in [6, 6.07) is 4.34. The Kier molecular flexibility index (Phi) is 3.97. The second kappa shape index (κ2) is 5.47. The quantitative estimate of drug-likeness (QED) is 0.788. The van der Waals surface area contributed by atoms with E-state index in [0.29, 0.717) is 12.6 Å². The fraction of sp³-hybridized carbons (Fsp3) is 0.615. The largest absolute Gasteiger partial charge is 0.348 e. The standard InChI is InChI=1S/C13H21N3O/c1-15-9-3-4-12(15)13(17)10-16(2)11-5-7-14-8-6-11/h3-4,9,11,14H,5-8,10H2,1-2H3. The van der Waals surface area contributed by atoms with Crippen molar-refractivity contribution in [2.45, 2.75) is 18.9 Å². The van der Waals surface area contributed by atoms with Crippen molar-refractivity contribution in [2.75, 3.05) is 26.7 Å². The van der Waals surface area contributed by atoms with E-state index in [-0.39, 0.29) is 5.78 Å². The van der Waals surface area contributed by atoms with Crippen LogP contribution in [0.25, 0.3) is 0 Å². The number of nitrogens with zero attached hydrogens (tertiary/aromatic N) is 2. The van der Waals surface area contributed by atoms with Crippen molar-refractivity contribution in [2.24, 2.45) is 7.05 Å². The summed E-state index contributed by atoms with van der Waals surface area (Å²) in [7, 11) is 3.97. The number of aromatic nitrogens is 1. The van der Waals surface area contributed by atoms with Crippen LogP contribution in [0.2, 0.25) is 0 Å². The van der Waals surface area contributed by atoms with Gasteiger partial charge in [0.1, 0.15) is 0 Å². The van der Waals surface area contributed by atoms with Crippen LogP contribution in [0.3, 0.4) is 0 Å². The van der Waals surface area contributed by atoms with Gasteiger partial charge in [-0.3, -0.25) is 9.69 Å². The number of carbonyl (C=O) groups is 1. The molecule has 0 amide bonds. The number of carbonyl (C=O) groups excluding carboxylic acids is 1. The summed E-state index contributed by atoms with van der Waals surface area (Å²) in [5.74, 6) is 0.207. The molecule has 1 aliphatic heterocycles. The smallest absolute Gasteiger partial charge is 0.193 e. The third kappa shape index (κ3) is 2.96. The highest BCUT2D eigenvalue weighted by Crippen LogP contribution is 2.11. The number of hydrogen-bond donors (Lipinski definition) is 1. The molecule has 0 unspecified atom stereocenters. The van der Waals surface area contributed by atoms with Crippen LogP contribution >= 0.6 is 0 Å². The normalized spacial score (nSPS) is 17.6. The van der Waals surface area contributed by atoms with Gasteiger partial charge in [-0.15, -0.1) is 0 Å². The van der Waals surface area contributed by atoms with Crippen LogP contribution in [0.4, 0.5) is 0 Å². The summed E-state index contributed by atoms with van der Waals surface area (Å²) in [6.07, 6.45) is 4.19. The van der Waals surface area contributed by atoms with Gasteiger partial charge >= 0.3 is 0 Å². The van der Waals surface area contributed by atoms with Crippen molar-refractivity contribution in [1.29, 1.82) is 0 Å². The minimum Gasteiger partial charge on any atom is -0.348 e. The lowest BCUT2D eigenvalue weighted by Crippen LogP contribution is -2.43. The summed E-state index contributed by atoms with van der Waals surface area (Å²) in [5, 5.41) is 3.34. The number of piperidine rings is 1. The van der Waals surface area contributed by atoms with Gasteiger partial charge in [-0.25, -0.2) is 0 Å². The van der Waals surface area contributed by atoms with Crippen LogP contribution < -0.4 is 5.32 Å². The number of likely N-dealkylation sites (N-methyl/N-ethyl adjacent to an activating group) is 1. The Bertz CT molecular complexity index is 380. The molecule has 0 atom stereocenters. The molecule has 1 N–H and O–H groups in total. The van der Waals surface area contributed by atoms with Crippen LogP contribution in [0.5, 0.6) is 0 Å². The van der Waals surface area contributed by atoms with Gasteiger partial charge in [0.25, 0.3) is 0 Å². The average molecular weight is 235 g/mol. The summed E-state index contributed by atoms with van der Waals surface area (Å²) < 4.78 is 1.89. The Hall–Kier alpha value is -1.13. The van der Waals surface area contributed by atoms with E-state index in [1.54, 1.807) is 0 Å². The molecular formula is C13H21N3O. The summed E-state index contributed by atoms with van der Waals surface area (Å²) in [6.45, 7) is 2.64. The second-order valence-corrected chi connectivity index (χ2v) is 4.82. The molecule has 0 aromatic carbocycles. The fourth-order valence-corrected chi connectivity index (χ4v) is 2.43. The lowest BCUT2D eigenvalue weighted by Gasteiger charge is -2.31. The molecule has 94 valence electrons. The number of Topliss-reactive ketones (excluding diaryl/α,β-unsaturated/α-hetero) is 1. The minimum atomic E-state index is 0.207. The molecular weight excluding hydrogens is 214 g/mol. The summed E-state index contributed by atoms with van der Waals surface area (Å²) >= 11 is 0. The molecule has 1 aromatic heterocycles. The van der Waals surface area contributed by atoms with E-state index in [1.807, 2.05) is 29.9 Å². The van der Waals surface area contributed by atoms with E-state index < -0.39 is 0 Å². The highest BCUT2D eigenvalue weighted by Gasteiger charge is 2.20. The fourth-order valence-electron chi connectivity index (χ4n) is 2.43. The van der Waals surface area contributed by atoms with Crippen molar-refractivity contribution < 1.29 is 4.79 Å². The molecule has 17 heavy (non-hydrogen) atoms. The molecule has 1 aliphatic rings. The average Bonchev–Trinajstić information content (AvgIpc) is 2.76. The predicted octanol–water partition coefficient (Wildman–Crippen LogP) is 0.892. The predicted molar refractivity (Wildman–Crippen MR) is 68.3 cm³/mol. The maximum atomic E-state index is 12.1. The van der Waals surface area contributed by atoms with Gasteiger partial charge in [0.2, 0.25) is 0 Å². The van der Waals surface area contributed by atoms with Gasteiger partial charge < -0.3 is 9.88 Å². The molecule has 1 saturated heterocycles.